The van der Waals surface area contributed by atoms with Crippen LogP contribution in [0.1, 0.15) is 30.6 Å². The zero-order valence-corrected chi connectivity index (χ0v) is 9.34. The normalized spacial score (nSPS) is 12.9. The zero-order chi connectivity index (χ0) is 12.3. The molecular weight excluding hydrogens is 212 g/mol. The highest BCUT2D eigenvalue weighted by Gasteiger charge is 2.20. The third-order valence-corrected chi connectivity index (χ3v) is 2.26. The maximum Gasteiger partial charge on any atom is 0.182 e. The third kappa shape index (κ3) is 3.10. The minimum Gasteiger partial charge on any atom is -0.321 e. The van der Waals surface area contributed by atoms with Crippen molar-refractivity contribution in [2.75, 3.05) is 0 Å². The van der Waals surface area contributed by atoms with E-state index in [1.54, 1.807) is 0 Å². The van der Waals surface area contributed by atoms with Crippen LogP contribution >= 0.6 is 0 Å². The fraction of sp³-hybridized carbons (Fsp3) is 0.417. The molecule has 4 heteroatoms. The Morgan fingerprint density at radius 2 is 2.00 bits per heavy atom. The highest BCUT2D eigenvalue weighted by Crippen LogP contribution is 2.14. The molecule has 1 aromatic rings. The fourth-order valence-electron chi connectivity index (χ4n) is 1.50. The maximum atomic E-state index is 13.3. The lowest BCUT2D eigenvalue weighted by Crippen LogP contribution is -2.32. The Morgan fingerprint density at radius 3 is 2.56 bits per heavy atom. The quantitative estimate of drug-likeness (QED) is 0.803. The second kappa shape index (κ2) is 5.16. The third-order valence-electron chi connectivity index (χ3n) is 2.26. The van der Waals surface area contributed by atoms with Crippen LogP contribution in [0.2, 0.25) is 0 Å². The molecule has 0 aliphatic rings. The van der Waals surface area contributed by atoms with Gasteiger partial charge in [0.25, 0.3) is 0 Å². The second-order valence-electron chi connectivity index (χ2n) is 4.22. The summed E-state index contributed by atoms with van der Waals surface area (Å²) in [6.07, 6.45) is 0.453. The van der Waals surface area contributed by atoms with Crippen LogP contribution in [0.4, 0.5) is 8.78 Å². The molecule has 88 valence electrons. The van der Waals surface area contributed by atoms with Crippen molar-refractivity contribution in [2.24, 2.45) is 11.7 Å². The van der Waals surface area contributed by atoms with Crippen molar-refractivity contribution in [3.63, 3.8) is 0 Å². The smallest absolute Gasteiger partial charge is 0.182 e. The van der Waals surface area contributed by atoms with Crippen LogP contribution in [0.5, 0.6) is 0 Å². The van der Waals surface area contributed by atoms with Crippen LogP contribution in [0, 0.1) is 17.6 Å². The van der Waals surface area contributed by atoms with Crippen molar-refractivity contribution in [1.82, 2.24) is 0 Å². The Kier molecular flexibility index (Phi) is 4.12. The fourth-order valence-corrected chi connectivity index (χ4v) is 1.50. The Balaban J connectivity index is 2.91. The molecule has 0 saturated heterocycles. The minimum absolute atomic E-state index is 0.232. The summed E-state index contributed by atoms with van der Waals surface area (Å²) in [6.45, 7) is 3.82. The average Bonchev–Trinajstić information content (AvgIpc) is 2.19. The van der Waals surface area contributed by atoms with Crippen LogP contribution in [-0.4, -0.2) is 11.8 Å². The van der Waals surface area contributed by atoms with Crippen LogP contribution in [0.25, 0.3) is 0 Å². The Bertz CT molecular complexity index is 391. The molecule has 0 spiro atoms. The van der Waals surface area contributed by atoms with Gasteiger partial charge in [0.2, 0.25) is 0 Å². The predicted molar refractivity (Wildman–Crippen MR) is 58.1 cm³/mol. The van der Waals surface area contributed by atoms with Gasteiger partial charge in [-0.05, 0) is 30.5 Å². The molecule has 0 heterocycles. The van der Waals surface area contributed by atoms with Crippen molar-refractivity contribution < 1.29 is 13.6 Å². The SMILES string of the molecule is CC(C)CC(N)C(=O)c1cc(F)ccc1F. The first-order valence-corrected chi connectivity index (χ1v) is 5.16. The molecule has 0 aliphatic heterocycles. The number of ketones is 1. The molecule has 0 radical (unpaired) electrons. The summed E-state index contributed by atoms with van der Waals surface area (Å²) >= 11 is 0. The summed E-state index contributed by atoms with van der Waals surface area (Å²) in [7, 11) is 0. The molecule has 1 atom stereocenters. The molecule has 0 aliphatic carbocycles. The first-order valence-electron chi connectivity index (χ1n) is 5.16. The van der Waals surface area contributed by atoms with Gasteiger partial charge in [0.05, 0.1) is 11.6 Å². The summed E-state index contributed by atoms with van der Waals surface area (Å²) in [5, 5.41) is 0. The average molecular weight is 227 g/mol. The monoisotopic (exact) mass is 227 g/mol. The molecule has 1 aromatic carbocycles. The lowest BCUT2D eigenvalue weighted by Gasteiger charge is -2.13. The van der Waals surface area contributed by atoms with Gasteiger partial charge in [0, 0.05) is 0 Å². The first-order chi connectivity index (χ1) is 7.41. The molecule has 1 rings (SSSR count). The maximum absolute atomic E-state index is 13.3. The Hall–Kier alpha value is -1.29. The van der Waals surface area contributed by atoms with E-state index in [0.717, 1.165) is 18.2 Å². The number of Topliss-reactive ketones (excluding diaryl/α,β-unsaturated/α-hetero) is 1. The van der Waals surface area contributed by atoms with Crippen molar-refractivity contribution in [3.8, 4) is 0 Å². The van der Waals surface area contributed by atoms with Crippen molar-refractivity contribution in [2.45, 2.75) is 26.3 Å². The zero-order valence-electron chi connectivity index (χ0n) is 9.34. The van der Waals surface area contributed by atoms with Gasteiger partial charge in [-0.3, -0.25) is 4.79 Å². The number of nitrogens with two attached hydrogens (primary N) is 1. The van der Waals surface area contributed by atoms with Gasteiger partial charge in [-0.25, -0.2) is 8.78 Å². The topological polar surface area (TPSA) is 43.1 Å². The van der Waals surface area contributed by atoms with Crippen LogP contribution in [0.15, 0.2) is 18.2 Å². The molecule has 0 amide bonds. The van der Waals surface area contributed by atoms with E-state index in [4.69, 9.17) is 5.73 Å². The molecule has 2 nitrogen and oxygen atoms in total. The van der Waals surface area contributed by atoms with E-state index in [0.29, 0.717) is 6.42 Å². The number of rotatable bonds is 4. The van der Waals surface area contributed by atoms with E-state index in [2.05, 4.69) is 0 Å². The summed E-state index contributed by atoms with van der Waals surface area (Å²) in [5.41, 5.74) is 5.36. The van der Waals surface area contributed by atoms with E-state index in [9.17, 15) is 13.6 Å². The van der Waals surface area contributed by atoms with E-state index in [-0.39, 0.29) is 11.5 Å². The van der Waals surface area contributed by atoms with Crippen molar-refractivity contribution in [1.29, 1.82) is 0 Å². The Morgan fingerprint density at radius 1 is 1.38 bits per heavy atom. The number of carbonyl (C=O) groups is 1. The second-order valence-corrected chi connectivity index (χ2v) is 4.22. The number of hydrogen-bond donors (Lipinski definition) is 1. The van der Waals surface area contributed by atoms with Crippen molar-refractivity contribution in [3.05, 3.63) is 35.4 Å². The van der Waals surface area contributed by atoms with Gasteiger partial charge in [0.1, 0.15) is 11.6 Å². The molecule has 0 saturated carbocycles. The lowest BCUT2D eigenvalue weighted by molar-refractivity contribution is 0.0946. The number of carbonyl (C=O) groups excluding carboxylic acids is 1. The van der Waals surface area contributed by atoms with E-state index < -0.39 is 23.5 Å². The largest absolute Gasteiger partial charge is 0.321 e. The van der Waals surface area contributed by atoms with Gasteiger partial charge < -0.3 is 5.73 Å². The standard InChI is InChI=1S/C12H15F2NO/c1-7(2)5-11(15)12(16)9-6-8(13)3-4-10(9)14/h3-4,6-7,11H,5,15H2,1-2H3. The van der Waals surface area contributed by atoms with Gasteiger partial charge >= 0.3 is 0 Å². The van der Waals surface area contributed by atoms with Crippen molar-refractivity contribution >= 4 is 5.78 Å². The molecule has 1 unspecified atom stereocenters. The molecule has 0 aromatic heterocycles. The molecule has 16 heavy (non-hydrogen) atoms. The number of hydrogen-bond acceptors (Lipinski definition) is 2. The summed E-state index contributed by atoms with van der Waals surface area (Å²) in [6, 6.07) is 2.01. The predicted octanol–water partition coefficient (Wildman–Crippen LogP) is 2.52. The van der Waals surface area contributed by atoms with Crippen LogP contribution in [-0.2, 0) is 0 Å². The van der Waals surface area contributed by atoms with Gasteiger partial charge in [0.15, 0.2) is 5.78 Å². The van der Waals surface area contributed by atoms with E-state index in [1.165, 1.54) is 0 Å². The molecule has 0 bridgehead atoms. The summed E-state index contributed by atoms with van der Waals surface area (Å²) in [5.74, 6) is -1.69. The Labute approximate surface area is 93.5 Å². The minimum atomic E-state index is -0.781. The van der Waals surface area contributed by atoms with E-state index >= 15 is 0 Å². The summed E-state index contributed by atoms with van der Waals surface area (Å²) in [4.78, 5) is 11.7. The molecule has 0 fully saturated rings. The summed E-state index contributed by atoms with van der Waals surface area (Å²) < 4.78 is 26.1. The van der Waals surface area contributed by atoms with Gasteiger partial charge in [-0.2, -0.15) is 0 Å². The molecular formula is C12H15F2NO. The molecule has 2 N–H and O–H groups in total. The van der Waals surface area contributed by atoms with Gasteiger partial charge in [-0.1, -0.05) is 13.8 Å². The van der Waals surface area contributed by atoms with E-state index in [1.807, 2.05) is 13.8 Å². The lowest BCUT2D eigenvalue weighted by atomic mass is 9.96. The van der Waals surface area contributed by atoms with Crippen LogP contribution < -0.4 is 5.73 Å². The van der Waals surface area contributed by atoms with Gasteiger partial charge in [-0.15, -0.1) is 0 Å². The highest BCUT2D eigenvalue weighted by atomic mass is 19.1. The number of benzene rings is 1. The number of halogens is 2. The first kappa shape index (κ1) is 12.8. The van der Waals surface area contributed by atoms with Crippen LogP contribution in [0.3, 0.4) is 0 Å². The highest BCUT2D eigenvalue weighted by molar-refractivity contribution is 6.00.